The Morgan fingerprint density at radius 3 is 2.48 bits per heavy atom. The van der Waals surface area contributed by atoms with Crippen molar-refractivity contribution in [3.8, 4) is 0 Å². The Morgan fingerprint density at radius 2 is 1.95 bits per heavy atom. The van der Waals surface area contributed by atoms with Crippen LogP contribution in [-0.4, -0.2) is 33.3 Å². The zero-order chi connectivity index (χ0) is 15.5. The minimum absolute atomic E-state index is 0.156. The fraction of sp³-hybridized carbons (Fsp3) is 0.312. The third-order valence-corrected chi connectivity index (χ3v) is 3.34. The van der Waals surface area contributed by atoms with Crippen molar-refractivity contribution in [3.05, 3.63) is 48.0 Å². The number of hydrogen-bond donors (Lipinski definition) is 0. The summed E-state index contributed by atoms with van der Waals surface area (Å²) in [6.07, 6.45) is 4.69. The van der Waals surface area contributed by atoms with Crippen LogP contribution in [0.5, 0.6) is 0 Å². The number of methoxy groups -OCH3 is 1. The highest BCUT2D eigenvalue weighted by molar-refractivity contribution is 6.23. The van der Waals surface area contributed by atoms with Crippen LogP contribution in [0.4, 0.5) is 0 Å². The van der Waals surface area contributed by atoms with E-state index in [1.807, 2.05) is 31.2 Å². The van der Waals surface area contributed by atoms with E-state index in [4.69, 9.17) is 4.74 Å². The van der Waals surface area contributed by atoms with Crippen LogP contribution in [-0.2, 0) is 9.53 Å². The molecule has 1 aromatic heterocycles. The summed E-state index contributed by atoms with van der Waals surface area (Å²) in [7, 11) is 1.52. The number of aryl methyl sites for hydroxylation is 1. The Hall–Kier alpha value is -2.27. The van der Waals surface area contributed by atoms with Gasteiger partial charge in [0, 0.05) is 7.11 Å². The maximum Gasteiger partial charge on any atom is 0.212 e. The molecular weight excluding hydrogens is 266 g/mol. The van der Waals surface area contributed by atoms with Crippen LogP contribution in [0.1, 0.15) is 25.0 Å². The summed E-state index contributed by atoms with van der Waals surface area (Å²) < 4.78 is 6.74. The molecule has 21 heavy (non-hydrogen) atoms. The molecule has 1 heterocycles. The van der Waals surface area contributed by atoms with E-state index in [0.717, 1.165) is 11.1 Å². The quantitative estimate of drug-likeness (QED) is 0.792. The third kappa shape index (κ3) is 3.44. The largest absolute Gasteiger partial charge is 0.371 e. The predicted molar refractivity (Wildman–Crippen MR) is 81.5 cm³/mol. The van der Waals surface area contributed by atoms with E-state index in [2.05, 4.69) is 10.1 Å². The Labute approximate surface area is 124 Å². The first-order chi connectivity index (χ1) is 9.94. The van der Waals surface area contributed by atoms with E-state index in [1.54, 1.807) is 19.9 Å². The van der Waals surface area contributed by atoms with Gasteiger partial charge in [0.05, 0.1) is 0 Å². The molecule has 5 heteroatoms. The number of benzene rings is 1. The number of carbonyl (C=O) groups is 1. The third-order valence-electron chi connectivity index (χ3n) is 3.34. The smallest absolute Gasteiger partial charge is 0.212 e. The molecule has 0 saturated heterocycles. The summed E-state index contributed by atoms with van der Waals surface area (Å²) >= 11 is 0. The molecule has 0 unspecified atom stereocenters. The monoisotopic (exact) mass is 285 g/mol. The fourth-order valence-corrected chi connectivity index (χ4v) is 1.79. The second-order valence-electron chi connectivity index (χ2n) is 5.32. The van der Waals surface area contributed by atoms with Gasteiger partial charge in [0.1, 0.15) is 24.0 Å². The molecule has 2 aromatic rings. The highest BCUT2D eigenvalue weighted by atomic mass is 16.5. The second kappa shape index (κ2) is 6.01. The van der Waals surface area contributed by atoms with E-state index >= 15 is 0 Å². The Bertz CT molecular complexity index is 641. The van der Waals surface area contributed by atoms with Gasteiger partial charge in [-0.25, -0.2) is 9.67 Å². The Morgan fingerprint density at radius 1 is 1.29 bits per heavy atom. The summed E-state index contributed by atoms with van der Waals surface area (Å²) in [4.78, 5) is 16.6. The lowest BCUT2D eigenvalue weighted by molar-refractivity contribution is -0.131. The van der Waals surface area contributed by atoms with Gasteiger partial charge in [0.15, 0.2) is 0 Å². The number of ketones is 1. The van der Waals surface area contributed by atoms with Crippen LogP contribution in [0.2, 0.25) is 0 Å². The van der Waals surface area contributed by atoms with Gasteiger partial charge in [-0.1, -0.05) is 29.8 Å². The number of rotatable bonds is 5. The molecule has 5 nitrogen and oxygen atoms in total. The molecule has 0 fully saturated rings. The standard InChI is InChI=1S/C16H19N3O2/c1-12-5-7-13(8-6-12)9-14(19-11-17-10-18-19)15(20)16(2,3)21-4/h5-11H,1-4H3. The number of ether oxygens (including phenoxy) is 1. The average Bonchev–Trinajstić information content (AvgIpc) is 3.00. The molecule has 2 rings (SSSR count). The van der Waals surface area contributed by atoms with Crippen molar-refractivity contribution in [1.29, 1.82) is 0 Å². The lowest BCUT2D eigenvalue weighted by Crippen LogP contribution is -2.35. The number of Topliss-reactive ketones (excluding diaryl/α,β-unsaturated/α-hetero) is 1. The maximum absolute atomic E-state index is 12.7. The number of nitrogens with zero attached hydrogens (tertiary/aromatic N) is 3. The molecule has 0 spiro atoms. The Kier molecular flexibility index (Phi) is 4.33. The summed E-state index contributed by atoms with van der Waals surface area (Å²) in [6.45, 7) is 5.48. The highest BCUT2D eigenvalue weighted by Gasteiger charge is 2.31. The number of carbonyl (C=O) groups excluding carboxylic acids is 1. The van der Waals surface area contributed by atoms with Crippen LogP contribution >= 0.6 is 0 Å². The van der Waals surface area contributed by atoms with Crippen LogP contribution in [0.3, 0.4) is 0 Å². The normalized spacial score (nSPS) is 12.5. The zero-order valence-electron chi connectivity index (χ0n) is 12.7. The van der Waals surface area contributed by atoms with E-state index in [1.165, 1.54) is 24.4 Å². The van der Waals surface area contributed by atoms with E-state index < -0.39 is 5.60 Å². The maximum atomic E-state index is 12.7. The van der Waals surface area contributed by atoms with Crippen LogP contribution in [0.15, 0.2) is 36.9 Å². The molecule has 0 N–H and O–H groups in total. The fourth-order valence-electron chi connectivity index (χ4n) is 1.79. The lowest BCUT2D eigenvalue weighted by Gasteiger charge is -2.22. The van der Waals surface area contributed by atoms with Gasteiger partial charge < -0.3 is 4.74 Å². The zero-order valence-corrected chi connectivity index (χ0v) is 12.7. The summed E-state index contributed by atoms with van der Waals surface area (Å²) in [6, 6.07) is 7.91. The first-order valence-electron chi connectivity index (χ1n) is 6.67. The summed E-state index contributed by atoms with van der Waals surface area (Å²) in [5.41, 5.74) is 1.58. The van der Waals surface area contributed by atoms with E-state index in [9.17, 15) is 4.79 Å². The van der Waals surface area contributed by atoms with Crippen molar-refractivity contribution in [2.24, 2.45) is 0 Å². The molecular formula is C16H19N3O2. The predicted octanol–water partition coefficient (Wildman–Crippen LogP) is 2.58. The van der Waals surface area contributed by atoms with Crippen molar-refractivity contribution in [2.75, 3.05) is 7.11 Å². The molecule has 0 saturated carbocycles. The summed E-state index contributed by atoms with van der Waals surface area (Å²) in [5, 5.41) is 4.06. The molecule has 0 aliphatic carbocycles. The van der Waals surface area contributed by atoms with Crippen LogP contribution in [0.25, 0.3) is 11.8 Å². The second-order valence-corrected chi connectivity index (χ2v) is 5.32. The molecule has 0 amide bonds. The van der Waals surface area contributed by atoms with Gasteiger partial charge in [-0.05, 0) is 32.4 Å². The van der Waals surface area contributed by atoms with Gasteiger partial charge in [-0.15, -0.1) is 0 Å². The van der Waals surface area contributed by atoms with Crippen molar-refractivity contribution in [3.63, 3.8) is 0 Å². The van der Waals surface area contributed by atoms with Crippen molar-refractivity contribution in [2.45, 2.75) is 26.4 Å². The molecule has 0 atom stereocenters. The van der Waals surface area contributed by atoms with Crippen LogP contribution < -0.4 is 0 Å². The first-order valence-corrected chi connectivity index (χ1v) is 6.67. The molecule has 0 radical (unpaired) electrons. The SMILES string of the molecule is COC(C)(C)C(=O)C(=Cc1ccc(C)cc1)n1cncn1. The highest BCUT2D eigenvalue weighted by Crippen LogP contribution is 2.20. The number of hydrogen-bond acceptors (Lipinski definition) is 4. The van der Waals surface area contributed by atoms with Gasteiger partial charge in [-0.2, -0.15) is 5.10 Å². The van der Waals surface area contributed by atoms with Gasteiger partial charge in [0.2, 0.25) is 5.78 Å². The lowest BCUT2D eigenvalue weighted by atomic mass is 9.99. The van der Waals surface area contributed by atoms with E-state index in [0.29, 0.717) is 5.70 Å². The number of aromatic nitrogens is 3. The van der Waals surface area contributed by atoms with E-state index in [-0.39, 0.29) is 5.78 Å². The van der Waals surface area contributed by atoms with Crippen LogP contribution in [0, 0.1) is 6.92 Å². The van der Waals surface area contributed by atoms with Crippen molar-refractivity contribution in [1.82, 2.24) is 14.8 Å². The molecule has 0 aliphatic heterocycles. The van der Waals surface area contributed by atoms with Gasteiger partial charge in [0.25, 0.3) is 0 Å². The topological polar surface area (TPSA) is 57.0 Å². The minimum atomic E-state index is -0.928. The van der Waals surface area contributed by atoms with Gasteiger partial charge in [-0.3, -0.25) is 4.79 Å². The molecule has 110 valence electrons. The minimum Gasteiger partial charge on any atom is -0.371 e. The summed E-state index contributed by atoms with van der Waals surface area (Å²) in [5.74, 6) is -0.156. The Balaban J connectivity index is 2.47. The van der Waals surface area contributed by atoms with Gasteiger partial charge >= 0.3 is 0 Å². The molecule has 0 bridgehead atoms. The molecule has 1 aromatic carbocycles. The first kappa shape index (κ1) is 15.1. The van der Waals surface area contributed by atoms with Crippen molar-refractivity contribution >= 4 is 17.6 Å². The average molecular weight is 285 g/mol. The van der Waals surface area contributed by atoms with Crippen molar-refractivity contribution < 1.29 is 9.53 Å². The molecule has 0 aliphatic rings.